The minimum atomic E-state index is -1.24. The Hall–Kier alpha value is -3.33. The van der Waals surface area contributed by atoms with Crippen LogP contribution in [0.25, 0.3) is 0 Å². The highest BCUT2D eigenvalue weighted by Gasteiger charge is 2.41. The topological polar surface area (TPSA) is 95.7 Å². The Bertz CT molecular complexity index is 1080. The van der Waals surface area contributed by atoms with Gasteiger partial charge in [0.15, 0.2) is 6.17 Å². The van der Waals surface area contributed by atoms with E-state index in [0.29, 0.717) is 30.9 Å². The lowest BCUT2D eigenvalue weighted by molar-refractivity contribution is -0.133. The first-order chi connectivity index (χ1) is 16.7. The second-order valence-corrected chi connectivity index (χ2v) is 9.37. The van der Waals surface area contributed by atoms with Gasteiger partial charge in [-0.2, -0.15) is 0 Å². The molecule has 9 heteroatoms. The van der Waals surface area contributed by atoms with Crippen molar-refractivity contribution in [2.24, 2.45) is 5.73 Å². The van der Waals surface area contributed by atoms with Crippen LogP contribution in [0, 0.1) is 18.6 Å². The second kappa shape index (κ2) is 10.5. The summed E-state index contributed by atoms with van der Waals surface area (Å²) in [5.41, 5.74) is 7.14. The van der Waals surface area contributed by atoms with Crippen molar-refractivity contribution in [3.8, 4) is 0 Å². The molecule has 1 heterocycles. The van der Waals surface area contributed by atoms with Gasteiger partial charge in [-0.05, 0) is 63.3 Å². The predicted molar refractivity (Wildman–Crippen MR) is 126 cm³/mol. The minimum absolute atomic E-state index is 0.0957. The summed E-state index contributed by atoms with van der Waals surface area (Å²) in [6.45, 7) is 2.34. The molecule has 1 saturated carbocycles. The number of benzene rings is 2. The number of nitrogens with one attached hydrogen (secondary N) is 1. The van der Waals surface area contributed by atoms with E-state index in [2.05, 4.69) is 5.32 Å². The first kappa shape index (κ1) is 24.8. The Morgan fingerprint density at radius 3 is 1.97 bits per heavy atom. The van der Waals surface area contributed by atoms with E-state index >= 15 is 0 Å². The quantitative estimate of drug-likeness (QED) is 0.698. The summed E-state index contributed by atoms with van der Waals surface area (Å²) in [7, 11) is 0. The molecule has 1 unspecified atom stereocenters. The number of nitrogens with zero attached hydrogens (tertiary/aromatic N) is 2. The molecule has 3 amide bonds. The number of amides is 3. The third kappa shape index (κ3) is 5.67. The molecule has 0 radical (unpaired) electrons. The van der Waals surface area contributed by atoms with E-state index in [1.54, 1.807) is 24.3 Å². The molecule has 0 aromatic heterocycles. The molecule has 1 aliphatic carbocycles. The van der Waals surface area contributed by atoms with Gasteiger partial charge in [-0.15, -0.1) is 0 Å². The second-order valence-electron chi connectivity index (χ2n) is 9.37. The summed E-state index contributed by atoms with van der Waals surface area (Å²) < 4.78 is 27.7. The number of hydrogen-bond donors (Lipinski definition) is 2. The van der Waals surface area contributed by atoms with Gasteiger partial charge in [0.25, 0.3) is 17.7 Å². The number of carbonyl (C=O) groups is 3. The van der Waals surface area contributed by atoms with Crippen LogP contribution in [0.4, 0.5) is 8.78 Å². The third-order valence-electron chi connectivity index (χ3n) is 6.67. The largest absolute Gasteiger partial charge is 0.350 e. The van der Waals surface area contributed by atoms with Crippen molar-refractivity contribution in [2.75, 3.05) is 13.1 Å². The Morgan fingerprint density at radius 1 is 0.857 bits per heavy atom. The number of aryl methyl sites for hydroxylation is 1. The summed E-state index contributed by atoms with van der Waals surface area (Å²) in [5, 5.41) is 2.98. The Kier molecular flexibility index (Phi) is 7.45. The molecule has 7 nitrogen and oxygen atoms in total. The minimum Gasteiger partial charge on any atom is -0.350 e. The highest BCUT2D eigenvalue weighted by atomic mass is 19.1. The van der Waals surface area contributed by atoms with E-state index in [-0.39, 0.29) is 30.7 Å². The van der Waals surface area contributed by atoms with Gasteiger partial charge in [0.1, 0.15) is 11.6 Å². The lowest BCUT2D eigenvalue weighted by atomic mass is 9.91. The maximum atomic E-state index is 13.8. The average Bonchev–Trinajstić information content (AvgIpc) is 2.84. The Balaban J connectivity index is 1.65. The van der Waals surface area contributed by atoms with Gasteiger partial charge in [-0.25, -0.2) is 8.78 Å². The molecule has 1 saturated heterocycles. The molecule has 2 aromatic rings. The van der Waals surface area contributed by atoms with E-state index in [9.17, 15) is 23.2 Å². The lowest BCUT2D eigenvalue weighted by Gasteiger charge is -2.43. The summed E-state index contributed by atoms with van der Waals surface area (Å²) in [6.07, 6.45) is 2.12. The molecule has 186 valence electrons. The monoisotopic (exact) mass is 484 g/mol. The van der Waals surface area contributed by atoms with Crippen molar-refractivity contribution in [1.29, 1.82) is 0 Å². The zero-order chi connectivity index (χ0) is 25.1. The number of carbonyl (C=O) groups excluding carboxylic acids is 3. The maximum absolute atomic E-state index is 13.8. The average molecular weight is 485 g/mol. The SMILES string of the molecule is Cc1ccc(C(=O)N2CCCN(C(=O)c3cc(F)cc(F)c3)C2C(=O)NC2CCC(N)CC2)cc1. The fourth-order valence-electron chi connectivity index (χ4n) is 4.78. The number of halogens is 2. The summed E-state index contributed by atoms with van der Waals surface area (Å²) >= 11 is 0. The van der Waals surface area contributed by atoms with Crippen LogP contribution in [0.1, 0.15) is 58.4 Å². The molecule has 4 rings (SSSR count). The lowest BCUT2D eigenvalue weighted by Crippen LogP contribution is -2.64. The van der Waals surface area contributed by atoms with Crippen LogP contribution in [-0.2, 0) is 4.79 Å². The molecular formula is C26H30F2N4O3. The van der Waals surface area contributed by atoms with E-state index in [4.69, 9.17) is 5.73 Å². The number of rotatable bonds is 4. The fourth-order valence-corrected chi connectivity index (χ4v) is 4.78. The maximum Gasteiger partial charge on any atom is 0.264 e. The summed E-state index contributed by atoms with van der Waals surface area (Å²) in [6, 6.07) is 9.48. The molecule has 2 aromatic carbocycles. The van der Waals surface area contributed by atoms with Crippen molar-refractivity contribution in [3.05, 3.63) is 70.8 Å². The Morgan fingerprint density at radius 2 is 1.40 bits per heavy atom. The van der Waals surface area contributed by atoms with Crippen LogP contribution in [-0.4, -0.2) is 58.9 Å². The van der Waals surface area contributed by atoms with Gasteiger partial charge in [0.2, 0.25) is 0 Å². The van der Waals surface area contributed by atoms with Gasteiger partial charge in [-0.3, -0.25) is 14.4 Å². The van der Waals surface area contributed by atoms with Gasteiger partial charge < -0.3 is 20.9 Å². The van der Waals surface area contributed by atoms with Gasteiger partial charge in [-0.1, -0.05) is 17.7 Å². The summed E-state index contributed by atoms with van der Waals surface area (Å²) in [4.78, 5) is 43.0. The highest BCUT2D eigenvalue weighted by Crippen LogP contribution is 2.23. The van der Waals surface area contributed by atoms with Crippen LogP contribution in [0.2, 0.25) is 0 Å². The number of hydrogen-bond acceptors (Lipinski definition) is 4. The first-order valence-electron chi connectivity index (χ1n) is 11.9. The van der Waals surface area contributed by atoms with Crippen LogP contribution in [0.5, 0.6) is 0 Å². The van der Waals surface area contributed by atoms with Crippen LogP contribution < -0.4 is 11.1 Å². The van der Waals surface area contributed by atoms with Crippen molar-refractivity contribution >= 4 is 17.7 Å². The predicted octanol–water partition coefficient (Wildman–Crippen LogP) is 2.97. The molecule has 1 atom stereocenters. The van der Waals surface area contributed by atoms with Gasteiger partial charge in [0, 0.05) is 42.4 Å². The molecule has 0 spiro atoms. The van der Waals surface area contributed by atoms with Gasteiger partial charge >= 0.3 is 0 Å². The van der Waals surface area contributed by atoms with Crippen LogP contribution >= 0.6 is 0 Å². The molecule has 0 bridgehead atoms. The smallest absolute Gasteiger partial charge is 0.264 e. The zero-order valence-corrected chi connectivity index (χ0v) is 19.7. The third-order valence-corrected chi connectivity index (χ3v) is 6.67. The van der Waals surface area contributed by atoms with E-state index in [1.165, 1.54) is 9.80 Å². The standard InChI is InChI=1S/C26H30F2N4O3/c1-16-3-5-17(6-4-16)25(34)31-11-2-12-32(26(35)18-13-19(27)15-20(28)14-18)24(31)23(33)30-22-9-7-21(29)8-10-22/h3-6,13-15,21-22,24H,2,7-12,29H2,1H3,(H,30,33). The molecule has 2 fully saturated rings. The first-order valence-corrected chi connectivity index (χ1v) is 11.9. The molecular weight excluding hydrogens is 454 g/mol. The van der Waals surface area contributed by atoms with E-state index < -0.39 is 35.5 Å². The normalized spacial score (nSPS) is 22.6. The van der Waals surface area contributed by atoms with E-state index in [0.717, 1.165) is 30.5 Å². The van der Waals surface area contributed by atoms with Crippen molar-refractivity contribution in [3.63, 3.8) is 0 Å². The molecule has 2 aliphatic rings. The zero-order valence-electron chi connectivity index (χ0n) is 19.7. The molecule has 1 aliphatic heterocycles. The van der Waals surface area contributed by atoms with Crippen LogP contribution in [0.15, 0.2) is 42.5 Å². The number of nitrogens with two attached hydrogens (primary N) is 1. The van der Waals surface area contributed by atoms with Crippen molar-refractivity contribution in [2.45, 2.75) is 57.3 Å². The van der Waals surface area contributed by atoms with Crippen molar-refractivity contribution < 1.29 is 23.2 Å². The highest BCUT2D eigenvalue weighted by molar-refractivity contribution is 6.01. The molecule has 35 heavy (non-hydrogen) atoms. The van der Waals surface area contributed by atoms with E-state index in [1.807, 2.05) is 6.92 Å². The van der Waals surface area contributed by atoms with Gasteiger partial charge in [0.05, 0.1) is 0 Å². The van der Waals surface area contributed by atoms with Crippen molar-refractivity contribution in [1.82, 2.24) is 15.1 Å². The Labute approximate surface area is 203 Å². The van der Waals surface area contributed by atoms with Crippen LogP contribution in [0.3, 0.4) is 0 Å². The fraction of sp³-hybridized carbons (Fsp3) is 0.423. The summed E-state index contributed by atoms with van der Waals surface area (Å²) in [5.74, 6) is -3.37. The molecule has 3 N–H and O–H groups in total.